The van der Waals surface area contributed by atoms with Gasteiger partial charge in [-0.25, -0.2) is 13.8 Å². The predicted octanol–water partition coefficient (Wildman–Crippen LogP) is 3.31. The van der Waals surface area contributed by atoms with Crippen LogP contribution in [-0.4, -0.2) is 41.6 Å². The Morgan fingerprint density at radius 1 is 1.15 bits per heavy atom. The summed E-state index contributed by atoms with van der Waals surface area (Å²) in [5.74, 6) is -2.20. The zero-order chi connectivity index (χ0) is 18.7. The summed E-state index contributed by atoms with van der Waals surface area (Å²) in [5.41, 5.74) is 0.558. The Kier molecular flexibility index (Phi) is 5.52. The first-order valence-electron chi connectivity index (χ1n) is 8.61. The first-order chi connectivity index (χ1) is 12.4. The molecule has 0 atom stereocenters. The van der Waals surface area contributed by atoms with Crippen molar-refractivity contribution in [3.05, 3.63) is 65.0 Å². The molecule has 1 saturated heterocycles. The van der Waals surface area contributed by atoms with Gasteiger partial charge in [0.15, 0.2) is 11.6 Å². The summed E-state index contributed by atoms with van der Waals surface area (Å²) in [6.07, 6.45) is 1.44. The average Bonchev–Trinajstić information content (AvgIpc) is 2.62. The van der Waals surface area contributed by atoms with E-state index in [1.165, 1.54) is 0 Å². The summed E-state index contributed by atoms with van der Waals surface area (Å²) in [7, 11) is 2.03. The minimum Gasteiger partial charge on any atom is -0.306 e. The maximum absolute atomic E-state index is 13.7. The summed E-state index contributed by atoms with van der Waals surface area (Å²) in [6, 6.07) is 7.81. The summed E-state index contributed by atoms with van der Waals surface area (Å²) in [4.78, 5) is 31.4. The van der Waals surface area contributed by atoms with Crippen LogP contribution in [0.5, 0.6) is 0 Å². The molecular weight excluding hydrogens is 338 g/mol. The summed E-state index contributed by atoms with van der Waals surface area (Å²) >= 11 is 0. The van der Waals surface area contributed by atoms with Crippen LogP contribution in [-0.2, 0) is 6.42 Å². The number of pyridine rings is 1. The first-order valence-corrected chi connectivity index (χ1v) is 8.61. The lowest BCUT2D eigenvalue weighted by atomic mass is 9.91. The van der Waals surface area contributed by atoms with Gasteiger partial charge in [0.1, 0.15) is 17.3 Å². The number of likely N-dealkylation sites (tertiary alicyclic amines) is 1. The Labute approximate surface area is 150 Å². The van der Waals surface area contributed by atoms with Gasteiger partial charge in [-0.2, -0.15) is 0 Å². The molecule has 2 heterocycles. The van der Waals surface area contributed by atoms with Crippen LogP contribution in [0.3, 0.4) is 0 Å². The molecule has 136 valence electrons. The third-order valence-electron chi connectivity index (χ3n) is 4.72. The highest BCUT2D eigenvalue weighted by atomic mass is 19.1. The number of piperidine rings is 1. The normalized spacial score (nSPS) is 15.8. The second kappa shape index (κ2) is 7.83. The fourth-order valence-corrected chi connectivity index (χ4v) is 3.17. The molecule has 0 aliphatic carbocycles. The molecule has 0 N–H and O–H groups in total. The summed E-state index contributed by atoms with van der Waals surface area (Å²) < 4.78 is 26.7. The molecule has 1 aromatic heterocycles. The number of nitrogens with zero attached hydrogens (tertiary/aromatic N) is 2. The molecule has 1 fully saturated rings. The highest BCUT2D eigenvalue weighted by Gasteiger charge is 2.25. The number of hydrogen-bond acceptors (Lipinski definition) is 4. The average molecular weight is 358 g/mol. The van der Waals surface area contributed by atoms with E-state index in [1.807, 2.05) is 7.05 Å². The van der Waals surface area contributed by atoms with Gasteiger partial charge in [-0.05, 0) is 57.2 Å². The van der Waals surface area contributed by atoms with Crippen LogP contribution in [0.4, 0.5) is 8.78 Å². The van der Waals surface area contributed by atoms with Gasteiger partial charge in [0.2, 0.25) is 0 Å². The van der Waals surface area contributed by atoms with Crippen LogP contribution in [0.2, 0.25) is 0 Å². The van der Waals surface area contributed by atoms with Gasteiger partial charge >= 0.3 is 0 Å². The topological polar surface area (TPSA) is 50.3 Å². The number of rotatable bonds is 5. The molecule has 0 amide bonds. The largest absolute Gasteiger partial charge is 0.306 e. The van der Waals surface area contributed by atoms with Crippen molar-refractivity contribution < 1.29 is 18.4 Å². The highest BCUT2D eigenvalue weighted by Crippen LogP contribution is 2.20. The molecule has 1 aromatic carbocycles. The lowest BCUT2D eigenvalue weighted by Crippen LogP contribution is -2.33. The van der Waals surface area contributed by atoms with Gasteiger partial charge in [-0.3, -0.25) is 9.59 Å². The van der Waals surface area contributed by atoms with Crippen LogP contribution in [0.25, 0.3) is 0 Å². The lowest BCUT2D eigenvalue weighted by molar-refractivity contribution is 0.0850. The van der Waals surface area contributed by atoms with Crippen molar-refractivity contribution in [3.8, 4) is 0 Å². The fourth-order valence-electron chi connectivity index (χ4n) is 3.17. The third-order valence-corrected chi connectivity index (χ3v) is 4.72. The van der Waals surface area contributed by atoms with E-state index >= 15 is 0 Å². The van der Waals surface area contributed by atoms with Crippen LogP contribution < -0.4 is 0 Å². The number of Topliss-reactive ketones (excluding diaryl/α,β-unsaturated/α-hetero) is 2. The molecule has 2 aromatic rings. The van der Waals surface area contributed by atoms with Crippen LogP contribution >= 0.6 is 0 Å². The number of halogens is 2. The van der Waals surface area contributed by atoms with E-state index in [0.717, 1.165) is 38.1 Å². The Morgan fingerprint density at radius 3 is 2.58 bits per heavy atom. The van der Waals surface area contributed by atoms with Crippen molar-refractivity contribution >= 4 is 11.6 Å². The predicted molar refractivity (Wildman–Crippen MR) is 93.2 cm³/mol. The number of hydrogen-bond donors (Lipinski definition) is 0. The van der Waals surface area contributed by atoms with Gasteiger partial charge in [-0.15, -0.1) is 0 Å². The monoisotopic (exact) mass is 358 g/mol. The molecule has 1 aliphatic rings. The van der Waals surface area contributed by atoms with E-state index < -0.39 is 17.4 Å². The first kappa shape index (κ1) is 18.3. The molecule has 0 saturated carbocycles. The highest BCUT2D eigenvalue weighted by molar-refractivity contribution is 5.98. The maximum Gasteiger partial charge on any atom is 0.184 e. The Hall–Kier alpha value is -2.47. The Morgan fingerprint density at radius 2 is 1.88 bits per heavy atom. The van der Waals surface area contributed by atoms with Crippen LogP contribution in [0.1, 0.15) is 39.4 Å². The second-order valence-corrected chi connectivity index (χ2v) is 6.68. The molecular formula is C20H20F2N2O2. The third kappa shape index (κ3) is 4.19. The molecule has 1 aliphatic heterocycles. The van der Waals surface area contributed by atoms with Crippen LogP contribution in [0.15, 0.2) is 36.4 Å². The molecule has 6 heteroatoms. The van der Waals surface area contributed by atoms with E-state index in [4.69, 9.17) is 0 Å². The van der Waals surface area contributed by atoms with E-state index in [0.29, 0.717) is 17.5 Å². The van der Waals surface area contributed by atoms with E-state index in [1.54, 1.807) is 18.2 Å². The Bertz CT molecular complexity index is 830. The molecule has 0 bridgehead atoms. The second-order valence-electron chi connectivity index (χ2n) is 6.68. The van der Waals surface area contributed by atoms with Crippen molar-refractivity contribution in [2.24, 2.45) is 5.92 Å². The number of carbonyl (C=O) groups excluding carboxylic acids is 2. The lowest BCUT2D eigenvalue weighted by Gasteiger charge is -2.27. The van der Waals surface area contributed by atoms with Gasteiger partial charge in [0.05, 0.1) is 12.0 Å². The van der Waals surface area contributed by atoms with Crippen molar-refractivity contribution in [2.45, 2.75) is 19.3 Å². The van der Waals surface area contributed by atoms with Gasteiger partial charge < -0.3 is 4.90 Å². The molecule has 0 radical (unpaired) electrons. The molecule has 3 rings (SSSR count). The Balaban J connectivity index is 1.73. The summed E-state index contributed by atoms with van der Waals surface area (Å²) in [5, 5.41) is 0. The van der Waals surface area contributed by atoms with Crippen molar-refractivity contribution in [3.63, 3.8) is 0 Å². The fraction of sp³-hybridized carbons (Fsp3) is 0.350. The van der Waals surface area contributed by atoms with Crippen LogP contribution in [0, 0.1) is 17.6 Å². The zero-order valence-corrected chi connectivity index (χ0v) is 14.5. The molecule has 4 nitrogen and oxygen atoms in total. The van der Waals surface area contributed by atoms with Crippen molar-refractivity contribution in [2.75, 3.05) is 20.1 Å². The van der Waals surface area contributed by atoms with E-state index in [2.05, 4.69) is 9.88 Å². The van der Waals surface area contributed by atoms with Gasteiger partial charge in [0.25, 0.3) is 0 Å². The number of carbonyl (C=O) groups is 2. The van der Waals surface area contributed by atoms with Gasteiger partial charge in [0, 0.05) is 17.7 Å². The van der Waals surface area contributed by atoms with E-state index in [-0.39, 0.29) is 23.7 Å². The molecule has 0 unspecified atom stereocenters. The smallest absolute Gasteiger partial charge is 0.184 e. The number of benzene rings is 1. The molecule has 26 heavy (non-hydrogen) atoms. The minimum absolute atomic E-state index is 0.0136. The standard InChI is InChI=1S/C20H20F2N2O2/c1-24-9-7-13(8-10-24)20(26)18-4-2-3-15(23-18)12-19(25)16-6-5-14(21)11-17(16)22/h2-6,11,13H,7-10,12H2,1H3. The van der Waals surface area contributed by atoms with E-state index in [9.17, 15) is 18.4 Å². The SMILES string of the molecule is CN1CCC(C(=O)c2cccc(CC(=O)c3ccc(F)cc3F)n2)CC1. The van der Waals surface area contributed by atoms with Crippen molar-refractivity contribution in [1.29, 1.82) is 0 Å². The zero-order valence-electron chi connectivity index (χ0n) is 14.5. The minimum atomic E-state index is -0.895. The maximum atomic E-state index is 13.7. The number of ketones is 2. The van der Waals surface area contributed by atoms with Crippen molar-refractivity contribution in [1.82, 2.24) is 9.88 Å². The summed E-state index contributed by atoms with van der Waals surface area (Å²) in [6.45, 7) is 1.75. The molecule has 0 spiro atoms. The van der Waals surface area contributed by atoms with Gasteiger partial charge in [-0.1, -0.05) is 6.07 Å². The quantitative estimate of drug-likeness (QED) is 0.770. The number of aromatic nitrogens is 1.